The van der Waals surface area contributed by atoms with Gasteiger partial charge in [-0.25, -0.2) is 4.98 Å². The van der Waals surface area contributed by atoms with Gasteiger partial charge in [0.15, 0.2) is 0 Å². The Balaban J connectivity index is 0.000001000. The summed E-state index contributed by atoms with van der Waals surface area (Å²) in [6.45, 7) is 2.23. The van der Waals surface area contributed by atoms with Crippen LogP contribution in [0.15, 0.2) is 6.33 Å². The van der Waals surface area contributed by atoms with E-state index in [9.17, 15) is 0 Å². The summed E-state index contributed by atoms with van der Waals surface area (Å²) in [5.74, 6) is 0. The van der Waals surface area contributed by atoms with E-state index in [-0.39, 0.29) is 19.0 Å². The fourth-order valence-corrected chi connectivity index (χ4v) is 0.886. The molecule has 0 saturated carbocycles. The third kappa shape index (κ3) is 2.91. The highest BCUT2D eigenvalue weighted by Crippen LogP contribution is 2.02. The van der Waals surface area contributed by atoms with E-state index in [4.69, 9.17) is 5.11 Å². The molecule has 4 heteroatoms. The van der Waals surface area contributed by atoms with Gasteiger partial charge in [0.25, 0.3) is 0 Å². The number of halogens is 1. The van der Waals surface area contributed by atoms with Gasteiger partial charge in [-0.15, -0.1) is 12.4 Å². The molecule has 0 aliphatic carbocycles. The number of hydrogen-bond acceptors (Lipinski definition) is 2. The largest absolute Gasteiger partial charge is 0.396 e. The normalized spacial score (nSPS) is 9.27. The Kier molecular flexibility index (Phi) is 4.90. The smallest absolute Gasteiger partial charge is 0.0925 e. The summed E-state index contributed by atoms with van der Waals surface area (Å²) < 4.78 is 0. The first-order chi connectivity index (χ1) is 4.84. The molecule has 0 spiro atoms. The van der Waals surface area contributed by atoms with Gasteiger partial charge in [0.05, 0.1) is 12.0 Å². The lowest BCUT2D eigenvalue weighted by atomic mass is 10.2. The molecule has 3 nitrogen and oxygen atoms in total. The van der Waals surface area contributed by atoms with E-state index in [1.807, 2.05) is 6.92 Å². The number of hydrogen-bond donors (Lipinski definition) is 2. The number of nitrogens with one attached hydrogen (secondary N) is 1. The van der Waals surface area contributed by atoms with Crippen molar-refractivity contribution in [1.29, 1.82) is 0 Å². The van der Waals surface area contributed by atoms with Crippen molar-refractivity contribution >= 4 is 12.4 Å². The predicted molar refractivity (Wildman–Crippen MR) is 46.0 cm³/mol. The fourth-order valence-electron chi connectivity index (χ4n) is 0.886. The molecule has 64 valence electrons. The molecule has 2 N–H and O–H groups in total. The van der Waals surface area contributed by atoms with E-state index < -0.39 is 0 Å². The van der Waals surface area contributed by atoms with Crippen molar-refractivity contribution < 1.29 is 5.11 Å². The van der Waals surface area contributed by atoms with Crippen molar-refractivity contribution in [1.82, 2.24) is 9.97 Å². The lowest BCUT2D eigenvalue weighted by Crippen LogP contribution is -1.91. The Labute approximate surface area is 72.3 Å². The topological polar surface area (TPSA) is 48.9 Å². The molecular weight excluding hydrogens is 164 g/mol. The van der Waals surface area contributed by atoms with E-state index in [1.165, 1.54) is 0 Å². The molecule has 1 heterocycles. The van der Waals surface area contributed by atoms with E-state index in [2.05, 4.69) is 9.97 Å². The van der Waals surface area contributed by atoms with Gasteiger partial charge in [0, 0.05) is 12.3 Å². The third-order valence-electron chi connectivity index (χ3n) is 1.51. The minimum absolute atomic E-state index is 0. The van der Waals surface area contributed by atoms with Gasteiger partial charge in [0.1, 0.15) is 0 Å². The molecule has 0 unspecified atom stereocenters. The van der Waals surface area contributed by atoms with Gasteiger partial charge in [-0.05, 0) is 19.8 Å². The van der Waals surface area contributed by atoms with Gasteiger partial charge in [-0.1, -0.05) is 0 Å². The maximum atomic E-state index is 8.52. The number of aromatic nitrogens is 2. The molecular formula is C7H13ClN2O. The van der Waals surface area contributed by atoms with Crippen LogP contribution in [0.2, 0.25) is 0 Å². The van der Waals surface area contributed by atoms with Gasteiger partial charge in [0.2, 0.25) is 0 Å². The zero-order chi connectivity index (χ0) is 7.40. The maximum absolute atomic E-state index is 8.52. The molecule has 0 bridgehead atoms. The number of aliphatic hydroxyl groups excluding tert-OH is 1. The van der Waals surface area contributed by atoms with Crippen molar-refractivity contribution in [3.8, 4) is 0 Å². The second-order valence-corrected chi connectivity index (χ2v) is 2.30. The Hall–Kier alpha value is -0.540. The second kappa shape index (κ2) is 5.16. The minimum Gasteiger partial charge on any atom is -0.396 e. The van der Waals surface area contributed by atoms with Gasteiger partial charge in [-0.3, -0.25) is 0 Å². The highest BCUT2D eigenvalue weighted by molar-refractivity contribution is 5.85. The van der Waals surface area contributed by atoms with E-state index >= 15 is 0 Å². The first kappa shape index (κ1) is 10.5. The number of H-pyrrole nitrogens is 1. The van der Waals surface area contributed by atoms with Crippen molar-refractivity contribution in [2.75, 3.05) is 6.61 Å². The SMILES string of the molecule is Cc1[nH]cnc1CCCO.Cl. The van der Waals surface area contributed by atoms with Crippen LogP contribution < -0.4 is 0 Å². The summed E-state index contributed by atoms with van der Waals surface area (Å²) in [5.41, 5.74) is 2.17. The monoisotopic (exact) mass is 176 g/mol. The number of rotatable bonds is 3. The molecule has 1 aromatic heterocycles. The molecule has 0 fully saturated rings. The summed E-state index contributed by atoms with van der Waals surface area (Å²) in [6.07, 6.45) is 3.35. The van der Waals surface area contributed by atoms with Gasteiger partial charge >= 0.3 is 0 Å². The van der Waals surface area contributed by atoms with Gasteiger partial charge in [-0.2, -0.15) is 0 Å². The van der Waals surface area contributed by atoms with Crippen molar-refractivity contribution in [2.24, 2.45) is 0 Å². The number of aryl methyl sites for hydroxylation is 2. The number of nitrogens with zero attached hydrogens (tertiary/aromatic N) is 1. The Morgan fingerprint density at radius 3 is 2.82 bits per heavy atom. The molecule has 1 aromatic rings. The van der Waals surface area contributed by atoms with E-state index in [0.717, 1.165) is 24.2 Å². The summed E-state index contributed by atoms with van der Waals surface area (Å²) in [4.78, 5) is 7.07. The van der Waals surface area contributed by atoms with Gasteiger partial charge < -0.3 is 10.1 Å². The number of aromatic amines is 1. The summed E-state index contributed by atoms with van der Waals surface area (Å²) in [7, 11) is 0. The Morgan fingerprint density at radius 1 is 1.64 bits per heavy atom. The molecule has 1 rings (SSSR count). The predicted octanol–water partition coefficient (Wildman–Crippen LogP) is 1.06. The summed E-state index contributed by atoms with van der Waals surface area (Å²) >= 11 is 0. The van der Waals surface area contributed by atoms with Crippen LogP contribution >= 0.6 is 12.4 Å². The quantitative estimate of drug-likeness (QED) is 0.724. The standard InChI is InChI=1S/C7H12N2O.ClH/c1-6-7(3-2-4-10)9-5-8-6;/h5,10H,2-4H2,1H3,(H,8,9);1H. The zero-order valence-corrected chi connectivity index (χ0v) is 7.32. The van der Waals surface area contributed by atoms with E-state index in [0.29, 0.717) is 0 Å². The Morgan fingerprint density at radius 2 is 2.36 bits per heavy atom. The second-order valence-electron chi connectivity index (χ2n) is 2.30. The lowest BCUT2D eigenvalue weighted by Gasteiger charge is -1.93. The van der Waals surface area contributed by atoms with Crippen LogP contribution in [0.25, 0.3) is 0 Å². The third-order valence-corrected chi connectivity index (χ3v) is 1.51. The molecule has 0 aliphatic rings. The van der Waals surface area contributed by atoms with E-state index in [1.54, 1.807) is 6.33 Å². The zero-order valence-electron chi connectivity index (χ0n) is 6.50. The first-order valence-electron chi connectivity index (χ1n) is 3.44. The molecule has 0 aliphatic heterocycles. The van der Waals surface area contributed by atoms with Crippen LogP contribution in [0.5, 0.6) is 0 Å². The van der Waals surface area contributed by atoms with Crippen LogP contribution in [0, 0.1) is 6.92 Å². The first-order valence-corrected chi connectivity index (χ1v) is 3.44. The highest BCUT2D eigenvalue weighted by Gasteiger charge is 1.98. The van der Waals surface area contributed by atoms with Crippen molar-refractivity contribution in [2.45, 2.75) is 19.8 Å². The molecule has 0 atom stereocenters. The molecule has 0 radical (unpaired) electrons. The van der Waals surface area contributed by atoms with Crippen LogP contribution in [0.1, 0.15) is 17.8 Å². The molecule has 0 saturated heterocycles. The minimum atomic E-state index is 0. The van der Waals surface area contributed by atoms with Crippen LogP contribution in [-0.2, 0) is 6.42 Å². The average molecular weight is 177 g/mol. The average Bonchev–Trinajstić information content (AvgIpc) is 2.31. The summed E-state index contributed by atoms with van der Waals surface area (Å²) in [5, 5.41) is 8.52. The van der Waals surface area contributed by atoms with Crippen LogP contribution in [-0.4, -0.2) is 21.7 Å². The lowest BCUT2D eigenvalue weighted by molar-refractivity contribution is 0.288. The van der Waals surface area contributed by atoms with Crippen LogP contribution in [0.4, 0.5) is 0 Å². The Bertz CT molecular complexity index is 200. The number of aliphatic hydroxyl groups is 1. The maximum Gasteiger partial charge on any atom is 0.0925 e. The van der Waals surface area contributed by atoms with Crippen LogP contribution in [0.3, 0.4) is 0 Å². The number of imidazole rings is 1. The molecule has 0 amide bonds. The molecule has 11 heavy (non-hydrogen) atoms. The fraction of sp³-hybridized carbons (Fsp3) is 0.571. The summed E-state index contributed by atoms with van der Waals surface area (Å²) in [6, 6.07) is 0. The van der Waals surface area contributed by atoms with Crippen molar-refractivity contribution in [3.05, 3.63) is 17.7 Å². The molecule has 0 aromatic carbocycles. The van der Waals surface area contributed by atoms with Crippen molar-refractivity contribution in [3.63, 3.8) is 0 Å². The highest BCUT2D eigenvalue weighted by atomic mass is 35.5.